The zero-order valence-electron chi connectivity index (χ0n) is 15.9. The Balaban J connectivity index is 2.71. The quantitative estimate of drug-likeness (QED) is 0.380. The number of nitrogens with one attached hydrogen (secondary N) is 1. The lowest BCUT2D eigenvalue weighted by Crippen LogP contribution is -2.54. The fraction of sp³-hybridized carbons (Fsp3) is 0.667. The lowest BCUT2D eigenvalue weighted by molar-refractivity contribution is 0.0414. The van der Waals surface area contributed by atoms with Gasteiger partial charge in [-0.2, -0.15) is 0 Å². The van der Waals surface area contributed by atoms with E-state index in [1.54, 1.807) is 13.8 Å². The summed E-state index contributed by atoms with van der Waals surface area (Å²) in [7, 11) is -3.13. The van der Waals surface area contributed by atoms with Crippen LogP contribution in [0.25, 0.3) is 0 Å². The molecule has 26 heavy (non-hydrogen) atoms. The summed E-state index contributed by atoms with van der Waals surface area (Å²) < 4.78 is 23.6. The van der Waals surface area contributed by atoms with Crippen LogP contribution in [-0.2, 0) is 26.6 Å². The van der Waals surface area contributed by atoms with Gasteiger partial charge >= 0.3 is 7.60 Å². The smallest absolute Gasteiger partial charge is 0.333 e. The topological polar surface area (TPSA) is 108 Å². The molecule has 150 valence electrons. The van der Waals surface area contributed by atoms with Gasteiger partial charge in [-0.3, -0.25) is 4.57 Å². The normalized spacial score (nSPS) is 13.8. The van der Waals surface area contributed by atoms with E-state index in [2.05, 4.69) is 5.32 Å². The van der Waals surface area contributed by atoms with Crippen LogP contribution in [0, 0.1) is 0 Å². The van der Waals surface area contributed by atoms with E-state index in [1.807, 2.05) is 31.2 Å². The van der Waals surface area contributed by atoms with Crippen molar-refractivity contribution in [3.05, 3.63) is 35.4 Å². The van der Waals surface area contributed by atoms with Crippen molar-refractivity contribution in [2.45, 2.75) is 44.9 Å². The van der Waals surface area contributed by atoms with Crippen molar-refractivity contribution in [2.24, 2.45) is 0 Å². The Bertz CT molecular complexity index is 543. The molecule has 1 aromatic carbocycles. The van der Waals surface area contributed by atoms with Crippen molar-refractivity contribution in [3.63, 3.8) is 0 Å². The van der Waals surface area contributed by atoms with E-state index in [4.69, 9.17) is 9.05 Å². The first kappa shape index (κ1) is 23.2. The average Bonchev–Trinajstić information content (AvgIpc) is 2.65. The molecule has 0 aliphatic carbocycles. The summed E-state index contributed by atoms with van der Waals surface area (Å²) in [5.74, 6) is 0. The number of hydrogen-bond acceptors (Lipinski definition) is 7. The molecular weight excluding hydrogens is 357 g/mol. The van der Waals surface area contributed by atoms with Gasteiger partial charge in [-0.1, -0.05) is 31.2 Å². The minimum absolute atomic E-state index is 0.253. The summed E-state index contributed by atoms with van der Waals surface area (Å²) in [4.78, 5) is 0. The third kappa shape index (κ3) is 6.43. The van der Waals surface area contributed by atoms with Crippen LogP contribution < -0.4 is 5.32 Å². The molecule has 1 aromatic rings. The number of rotatable bonds is 13. The Kier molecular flexibility index (Phi) is 9.97. The van der Waals surface area contributed by atoms with E-state index in [-0.39, 0.29) is 25.5 Å². The molecule has 0 bridgehead atoms. The second-order valence-electron chi connectivity index (χ2n) is 6.35. The molecule has 0 saturated heterocycles. The third-order valence-corrected chi connectivity index (χ3v) is 6.79. The molecule has 0 aliphatic heterocycles. The van der Waals surface area contributed by atoms with Crippen LogP contribution in [0.1, 0.15) is 31.9 Å². The fourth-order valence-corrected chi connectivity index (χ4v) is 4.24. The molecule has 8 heteroatoms. The van der Waals surface area contributed by atoms with Gasteiger partial charge in [0.15, 0.2) is 0 Å². The molecular formula is C18H32NO6P. The zero-order chi connectivity index (χ0) is 19.6. The predicted molar refractivity (Wildman–Crippen MR) is 101 cm³/mol. The van der Waals surface area contributed by atoms with Crippen LogP contribution in [0.3, 0.4) is 0 Å². The number of benzene rings is 1. The van der Waals surface area contributed by atoms with Crippen molar-refractivity contribution in [2.75, 3.05) is 33.0 Å². The molecule has 4 N–H and O–H groups in total. The monoisotopic (exact) mass is 389 g/mol. The maximum absolute atomic E-state index is 12.8. The van der Waals surface area contributed by atoms with Crippen molar-refractivity contribution in [1.82, 2.24) is 5.32 Å². The molecule has 0 spiro atoms. The lowest BCUT2D eigenvalue weighted by Gasteiger charge is -2.29. The fourth-order valence-electron chi connectivity index (χ4n) is 2.51. The van der Waals surface area contributed by atoms with E-state index >= 15 is 0 Å². The van der Waals surface area contributed by atoms with Gasteiger partial charge in [-0.25, -0.2) is 0 Å². The molecule has 0 fully saturated rings. The molecule has 1 atom stereocenters. The Hall–Kier alpha value is -0.790. The SMILES string of the molecule is CCOP(=O)(OCC)C(C)Cc1ccc(CNC(CO)(CO)CO)cc1. The molecule has 7 nitrogen and oxygen atoms in total. The molecule has 0 aromatic heterocycles. The average molecular weight is 389 g/mol. The molecule has 0 aliphatic rings. The standard InChI is InChI=1S/C18H32NO6P/c1-4-24-26(23,25-5-2)15(3)10-16-6-8-17(9-7-16)11-19-18(12-20,13-21)14-22/h6-9,15,19-22H,4-5,10-14H2,1-3H3. The van der Waals surface area contributed by atoms with E-state index in [1.165, 1.54) is 0 Å². The van der Waals surface area contributed by atoms with E-state index in [0.29, 0.717) is 26.2 Å². The largest absolute Gasteiger partial charge is 0.394 e. The highest BCUT2D eigenvalue weighted by Gasteiger charge is 2.32. The lowest BCUT2D eigenvalue weighted by atomic mass is 10.0. The third-order valence-electron chi connectivity index (χ3n) is 4.29. The Labute approximate surface area is 155 Å². The highest BCUT2D eigenvalue weighted by atomic mass is 31.2. The van der Waals surface area contributed by atoms with Crippen LogP contribution in [0.2, 0.25) is 0 Å². The predicted octanol–water partition coefficient (Wildman–Crippen LogP) is 1.69. The van der Waals surface area contributed by atoms with E-state index in [0.717, 1.165) is 11.1 Å². The van der Waals surface area contributed by atoms with Gasteiger partial charge in [0, 0.05) is 6.54 Å². The van der Waals surface area contributed by atoms with Crippen LogP contribution in [0.15, 0.2) is 24.3 Å². The van der Waals surface area contributed by atoms with Crippen molar-refractivity contribution in [3.8, 4) is 0 Å². The highest BCUT2D eigenvalue weighted by molar-refractivity contribution is 7.54. The maximum Gasteiger partial charge on any atom is 0.333 e. The van der Waals surface area contributed by atoms with E-state index < -0.39 is 13.1 Å². The summed E-state index contributed by atoms with van der Waals surface area (Å²) in [5, 5.41) is 31.0. The number of hydrogen-bond donors (Lipinski definition) is 4. The van der Waals surface area contributed by atoms with Gasteiger partial charge in [0.05, 0.1) is 44.2 Å². The molecule has 0 saturated carbocycles. The summed E-state index contributed by atoms with van der Waals surface area (Å²) >= 11 is 0. The second kappa shape index (κ2) is 11.1. The second-order valence-corrected chi connectivity index (χ2v) is 8.83. The Morgan fingerprint density at radius 1 is 1.00 bits per heavy atom. The summed E-state index contributed by atoms with van der Waals surface area (Å²) in [6.07, 6.45) is 0.568. The first-order chi connectivity index (χ1) is 12.4. The molecule has 1 rings (SSSR count). The highest BCUT2D eigenvalue weighted by Crippen LogP contribution is 2.53. The molecule has 0 heterocycles. The molecule has 0 radical (unpaired) electrons. The summed E-state index contributed by atoms with van der Waals surface area (Å²) in [5.41, 5.74) is 0.601. The number of aliphatic hydroxyl groups is 3. The van der Waals surface area contributed by atoms with E-state index in [9.17, 15) is 19.9 Å². The summed E-state index contributed by atoms with van der Waals surface area (Å²) in [6.45, 7) is 5.45. The zero-order valence-corrected chi connectivity index (χ0v) is 16.7. The van der Waals surface area contributed by atoms with Gasteiger partial charge in [0.2, 0.25) is 0 Å². The van der Waals surface area contributed by atoms with Crippen LogP contribution in [0.5, 0.6) is 0 Å². The Morgan fingerprint density at radius 3 is 1.88 bits per heavy atom. The van der Waals surface area contributed by atoms with Crippen LogP contribution in [-0.4, -0.2) is 59.6 Å². The van der Waals surface area contributed by atoms with Gasteiger partial charge in [0.25, 0.3) is 0 Å². The van der Waals surface area contributed by atoms with Gasteiger partial charge in [-0.15, -0.1) is 0 Å². The molecule has 0 amide bonds. The van der Waals surface area contributed by atoms with Crippen LogP contribution in [0.4, 0.5) is 0 Å². The Morgan fingerprint density at radius 2 is 1.46 bits per heavy atom. The van der Waals surface area contributed by atoms with Gasteiger partial charge < -0.3 is 29.7 Å². The first-order valence-corrected chi connectivity index (χ1v) is 10.5. The molecule has 1 unspecified atom stereocenters. The van der Waals surface area contributed by atoms with Crippen molar-refractivity contribution < 1.29 is 28.9 Å². The van der Waals surface area contributed by atoms with Gasteiger partial charge in [-0.05, 0) is 31.4 Å². The minimum atomic E-state index is -3.13. The maximum atomic E-state index is 12.8. The first-order valence-electron chi connectivity index (χ1n) is 8.92. The number of aliphatic hydroxyl groups excluding tert-OH is 3. The van der Waals surface area contributed by atoms with Crippen molar-refractivity contribution >= 4 is 7.60 Å². The van der Waals surface area contributed by atoms with Crippen molar-refractivity contribution in [1.29, 1.82) is 0 Å². The minimum Gasteiger partial charge on any atom is -0.394 e. The van der Waals surface area contributed by atoms with Gasteiger partial charge in [0.1, 0.15) is 0 Å². The van der Waals surface area contributed by atoms with Crippen LogP contribution >= 0.6 is 7.60 Å². The summed E-state index contributed by atoms with van der Waals surface area (Å²) in [6, 6.07) is 7.71.